The minimum Gasteiger partial charge on any atom is -0.350 e. The summed E-state index contributed by atoms with van der Waals surface area (Å²) < 4.78 is 0. The predicted molar refractivity (Wildman–Crippen MR) is 31.1 cm³/mol. The van der Waals surface area contributed by atoms with Crippen molar-refractivity contribution >= 4 is 12.3 Å². The highest BCUT2D eigenvalue weighted by Crippen LogP contribution is 1.67. The molecule has 0 rings (SSSR count). The van der Waals surface area contributed by atoms with Crippen LogP contribution in [0.25, 0.3) is 0 Å². The fraction of sp³-hybridized carbons (Fsp3) is 0. The van der Waals surface area contributed by atoms with Crippen molar-refractivity contribution in [3.63, 3.8) is 0 Å². The molecule has 0 fully saturated rings. The average molecular weight is 129 g/mol. The Balaban J connectivity index is 3.39. The van der Waals surface area contributed by atoms with Crippen molar-refractivity contribution in [3.05, 3.63) is 12.3 Å². The Kier molecular flexibility index (Phi) is 2.89. The first-order chi connectivity index (χ1) is 4.16. The van der Waals surface area contributed by atoms with Crippen LogP contribution in [0, 0.1) is 0 Å². The molecule has 5 heteroatoms. The number of hydrogen-bond acceptors (Lipinski definition) is 3. The van der Waals surface area contributed by atoms with Gasteiger partial charge in [-0.05, 0) is 0 Å². The lowest BCUT2D eigenvalue weighted by molar-refractivity contribution is -0.105. The van der Waals surface area contributed by atoms with E-state index in [1.807, 2.05) is 5.43 Å². The number of carbonyl (C=O) groups is 2. The van der Waals surface area contributed by atoms with Crippen molar-refractivity contribution in [2.75, 3.05) is 0 Å². The van der Waals surface area contributed by atoms with Gasteiger partial charge in [0.1, 0.15) is 0 Å². The fourth-order valence-corrected chi connectivity index (χ4v) is 0.171. The van der Waals surface area contributed by atoms with Crippen LogP contribution < -0.4 is 16.6 Å². The number of rotatable bonds is 3. The Bertz CT molecular complexity index is 143. The Labute approximate surface area is 51.9 Å². The maximum Gasteiger partial charge on any atom is 0.330 e. The number of primary amides is 1. The predicted octanol–water partition coefficient (Wildman–Crippen LogP) is -1.13. The molecule has 0 radical (unpaired) electrons. The quantitative estimate of drug-likeness (QED) is 0.256. The molecule has 0 aromatic heterocycles. The number of aldehydes is 1. The molecule has 0 saturated heterocycles. The van der Waals surface area contributed by atoms with Crippen LogP contribution in [0.2, 0.25) is 0 Å². The Morgan fingerprint density at radius 1 is 1.56 bits per heavy atom. The van der Waals surface area contributed by atoms with E-state index in [2.05, 4.69) is 17.7 Å². The molecule has 4 N–H and O–H groups in total. The summed E-state index contributed by atoms with van der Waals surface area (Å²) in [6.07, 6.45) is 0.454. The largest absolute Gasteiger partial charge is 0.350 e. The van der Waals surface area contributed by atoms with Crippen LogP contribution in [0.4, 0.5) is 4.79 Å². The third kappa shape index (κ3) is 4.33. The molecule has 0 spiro atoms. The van der Waals surface area contributed by atoms with Gasteiger partial charge in [0, 0.05) is 0 Å². The van der Waals surface area contributed by atoms with Crippen LogP contribution in [0.15, 0.2) is 12.3 Å². The second-order valence-electron chi connectivity index (χ2n) is 1.26. The zero-order valence-corrected chi connectivity index (χ0v) is 4.68. The Hall–Kier alpha value is -1.52. The third-order valence-electron chi connectivity index (χ3n) is 0.489. The van der Waals surface area contributed by atoms with Crippen molar-refractivity contribution in [2.24, 2.45) is 5.73 Å². The molecule has 0 aliphatic heterocycles. The second kappa shape index (κ2) is 3.48. The fourth-order valence-electron chi connectivity index (χ4n) is 0.171. The topological polar surface area (TPSA) is 84.2 Å². The van der Waals surface area contributed by atoms with Gasteiger partial charge in [0.25, 0.3) is 0 Å². The summed E-state index contributed by atoms with van der Waals surface area (Å²) in [5, 5.41) is 0. The molecule has 0 unspecified atom stereocenters. The van der Waals surface area contributed by atoms with Gasteiger partial charge in [0.05, 0.1) is 5.70 Å². The van der Waals surface area contributed by atoms with Crippen LogP contribution >= 0.6 is 0 Å². The minimum absolute atomic E-state index is 0.0498. The van der Waals surface area contributed by atoms with Gasteiger partial charge in [-0.1, -0.05) is 6.58 Å². The lowest BCUT2D eigenvalue weighted by atomic mass is 10.6. The zero-order valence-electron chi connectivity index (χ0n) is 4.68. The van der Waals surface area contributed by atoms with E-state index in [1.165, 1.54) is 0 Å². The monoisotopic (exact) mass is 129 g/mol. The van der Waals surface area contributed by atoms with Crippen molar-refractivity contribution in [2.45, 2.75) is 0 Å². The minimum atomic E-state index is -0.766. The molecule has 0 aromatic carbocycles. The summed E-state index contributed by atoms with van der Waals surface area (Å²) in [7, 11) is 0. The number of allylic oxidation sites excluding steroid dienone is 1. The van der Waals surface area contributed by atoms with E-state index >= 15 is 0 Å². The number of hydrazine groups is 1. The molecular formula is C4H7N3O2. The summed E-state index contributed by atoms with van der Waals surface area (Å²) in [6.45, 7) is 3.20. The van der Waals surface area contributed by atoms with Gasteiger partial charge < -0.3 is 5.73 Å². The van der Waals surface area contributed by atoms with Crippen LogP contribution in [-0.2, 0) is 4.79 Å². The summed E-state index contributed by atoms with van der Waals surface area (Å²) in [6, 6.07) is -0.766. The number of hydrogen-bond donors (Lipinski definition) is 3. The molecule has 0 aliphatic rings. The molecule has 2 amide bonds. The lowest BCUT2D eigenvalue weighted by Crippen LogP contribution is -2.40. The van der Waals surface area contributed by atoms with Gasteiger partial charge in [-0.3, -0.25) is 15.6 Å². The van der Waals surface area contributed by atoms with Crippen LogP contribution in [0.5, 0.6) is 0 Å². The number of urea groups is 1. The molecule has 0 bridgehead atoms. The van der Waals surface area contributed by atoms with E-state index in [9.17, 15) is 9.59 Å². The molecule has 0 heterocycles. The molecule has 0 aliphatic carbocycles. The highest BCUT2D eigenvalue weighted by Gasteiger charge is 1.89. The lowest BCUT2D eigenvalue weighted by Gasteiger charge is -2.00. The smallest absolute Gasteiger partial charge is 0.330 e. The van der Waals surface area contributed by atoms with Gasteiger partial charge in [-0.2, -0.15) is 0 Å². The van der Waals surface area contributed by atoms with Crippen molar-refractivity contribution in [3.8, 4) is 0 Å². The molecule has 50 valence electrons. The standard InChI is InChI=1S/C4H7N3O2/c1-3(2-8)6-7-4(5)9/h2,6H,1H2,(H3,5,7,9). The average Bonchev–Trinajstić information content (AvgIpc) is 1.83. The van der Waals surface area contributed by atoms with E-state index in [0.717, 1.165) is 0 Å². The highest BCUT2D eigenvalue weighted by atomic mass is 16.2. The van der Waals surface area contributed by atoms with E-state index in [4.69, 9.17) is 0 Å². The van der Waals surface area contributed by atoms with Crippen molar-refractivity contribution < 1.29 is 9.59 Å². The molecule has 5 nitrogen and oxygen atoms in total. The summed E-state index contributed by atoms with van der Waals surface area (Å²) in [5.41, 5.74) is 8.77. The van der Waals surface area contributed by atoms with E-state index in [0.29, 0.717) is 6.29 Å². The van der Waals surface area contributed by atoms with Crippen LogP contribution in [0.1, 0.15) is 0 Å². The second-order valence-corrected chi connectivity index (χ2v) is 1.26. The van der Waals surface area contributed by atoms with E-state index in [-0.39, 0.29) is 5.70 Å². The van der Waals surface area contributed by atoms with Crippen LogP contribution in [-0.4, -0.2) is 12.3 Å². The van der Waals surface area contributed by atoms with Crippen molar-refractivity contribution in [1.29, 1.82) is 0 Å². The van der Waals surface area contributed by atoms with Gasteiger partial charge in [-0.15, -0.1) is 0 Å². The molecule has 9 heavy (non-hydrogen) atoms. The maximum atomic E-state index is 9.91. The molecule has 0 aromatic rings. The first-order valence-electron chi connectivity index (χ1n) is 2.12. The van der Waals surface area contributed by atoms with Gasteiger partial charge in [0.2, 0.25) is 0 Å². The zero-order chi connectivity index (χ0) is 7.28. The Morgan fingerprint density at radius 2 is 2.11 bits per heavy atom. The highest BCUT2D eigenvalue weighted by molar-refractivity contribution is 5.74. The molecular weight excluding hydrogens is 122 g/mol. The van der Waals surface area contributed by atoms with Crippen LogP contribution in [0.3, 0.4) is 0 Å². The van der Waals surface area contributed by atoms with E-state index < -0.39 is 6.03 Å². The number of nitrogens with one attached hydrogen (secondary N) is 2. The van der Waals surface area contributed by atoms with Crippen molar-refractivity contribution in [1.82, 2.24) is 10.9 Å². The number of carbonyl (C=O) groups excluding carboxylic acids is 2. The molecule has 0 saturated carbocycles. The normalized spacial score (nSPS) is 7.56. The maximum absolute atomic E-state index is 9.91. The summed E-state index contributed by atoms with van der Waals surface area (Å²) in [5.74, 6) is 0. The SMILES string of the molecule is C=C(C=O)NNC(N)=O. The molecule has 0 atom stereocenters. The summed E-state index contributed by atoms with van der Waals surface area (Å²) in [4.78, 5) is 19.7. The number of amides is 2. The third-order valence-corrected chi connectivity index (χ3v) is 0.489. The first-order valence-corrected chi connectivity index (χ1v) is 2.12. The van der Waals surface area contributed by atoms with Gasteiger partial charge in [-0.25, -0.2) is 4.79 Å². The van der Waals surface area contributed by atoms with Gasteiger partial charge >= 0.3 is 6.03 Å². The first kappa shape index (κ1) is 7.48. The summed E-state index contributed by atoms with van der Waals surface area (Å²) >= 11 is 0. The van der Waals surface area contributed by atoms with E-state index in [1.54, 1.807) is 0 Å². The number of nitrogens with two attached hydrogens (primary N) is 1. The Morgan fingerprint density at radius 3 is 2.44 bits per heavy atom. The van der Waals surface area contributed by atoms with Gasteiger partial charge in [0.15, 0.2) is 6.29 Å².